The molecule has 3 amide bonds. The van der Waals surface area contributed by atoms with Crippen LogP contribution in [0.15, 0.2) is 54.7 Å². The number of H-pyrrole nitrogens is 1. The molecule has 9 N–H and O–H groups in total. The summed E-state index contributed by atoms with van der Waals surface area (Å²) in [5.41, 5.74) is 8.36. The number of para-hydroxylation sites is 1. The fraction of sp³-hybridized carbons (Fsp3) is 0.308. The number of aliphatic hydroxyl groups excluding tert-OH is 1. The maximum atomic E-state index is 13.1. The molecule has 0 saturated heterocycles. The van der Waals surface area contributed by atoms with E-state index in [0.29, 0.717) is 5.56 Å². The van der Waals surface area contributed by atoms with Crippen LogP contribution >= 0.6 is 0 Å². The largest absolute Gasteiger partial charge is 0.508 e. The molecule has 3 rings (SSSR count). The van der Waals surface area contributed by atoms with E-state index >= 15 is 0 Å². The number of phenols is 1. The van der Waals surface area contributed by atoms with E-state index in [1.165, 1.54) is 31.2 Å². The number of nitrogens with two attached hydrogens (primary N) is 1. The first-order chi connectivity index (χ1) is 18.0. The third kappa shape index (κ3) is 7.54. The first-order valence-corrected chi connectivity index (χ1v) is 11.9. The first-order valence-electron chi connectivity index (χ1n) is 11.9. The Morgan fingerprint density at radius 1 is 0.947 bits per heavy atom. The summed E-state index contributed by atoms with van der Waals surface area (Å²) in [6.45, 7) is 0.634. The summed E-state index contributed by atoms with van der Waals surface area (Å²) in [6.07, 6.45) is 0.541. The van der Waals surface area contributed by atoms with Crippen LogP contribution in [0.25, 0.3) is 10.9 Å². The number of phenolic OH excluding ortho intramolecular Hbond substituents is 1. The molecule has 4 unspecified atom stereocenters. The van der Waals surface area contributed by atoms with Gasteiger partial charge < -0.3 is 42.0 Å². The molecule has 4 atom stereocenters. The summed E-state index contributed by atoms with van der Waals surface area (Å²) in [5.74, 6) is -3.58. The Kier molecular flexibility index (Phi) is 9.41. The van der Waals surface area contributed by atoms with Gasteiger partial charge in [0.15, 0.2) is 0 Å². The zero-order valence-corrected chi connectivity index (χ0v) is 20.7. The zero-order chi connectivity index (χ0) is 27.8. The van der Waals surface area contributed by atoms with E-state index < -0.39 is 54.5 Å². The smallest absolute Gasteiger partial charge is 0.322 e. The van der Waals surface area contributed by atoms with E-state index in [1.807, 2.05) is 24.3 Å². The molecular weight excluding hydrogens is 494 g/mol. The highest BCUT2D eigenvalue weighted by Gasteiger charge is 2.31. The topological polar surface area (TPSA) is 207 Å². The van der Waals surface area contributed by atoms with Crippen molar-refractivity contribution in [3.05, 3.63) is 65.9 Å². The molecule has 3 aromatic rings. The highest BCUT2D eigenvalue weighted by Crippen LogP contribution is 2.19. The molecule has 1 heterocycles. The zero-order valence-electron chi connectivity index (χ0n) is 20.7. The van der Waals surface area contributed by atoms with Gasteiger partial charge in [-0.05, 0) is 42.7 Å². The van der Waals surface area contributed by atoms with Crippen molar-refractivity contribution in [1.82, 2.24) is 20.9 Å². The molecule has 2 aromatic carbocycles. The van der Waals surface area contributed by atoms with Gasteiger partial charge in [0.1, 0.15) is 24.4 Å². The summed E-state index contributed by atoms with van der Waals surface area (Å²) in [5, 5.41) is 36.6. The number of aromatic hydroxyl groups is 1. The number of carbonyl (C=O) groups is 4. The van der Waals surface area contributed by atoms with Gasteiger partial charge in [-0.2, -0.15) is 0 Å². The van der Waals surface area contributed by atoms with Crippen molar-refractivity contribution in [2.45, 2.75) is 44.0 Å². The van der Waals surface area contributed by atoms with Crippen LogP contribution in [-0.4, -0.2) is 74.8 Å². The third-order valence-corrected chi connectivity index (χ3v) is 5.94. The molecule has 1 aromatic heterocycles. The molecule has 38 heavy (non-hydrogen) atoms. The molecule has 0 aliphatic carbocycles. The molecule has 0 radical (unpaired) electrons. The number of aliphatic hydroxyl groups is 1. The van der Waals surface area contributed by atoms with E-state index in [0.717, 1.165) is 16.5 Å². The normalized spacial score (nSPS) is 14.2. The van der Waals surface area contributed by atoms with Gasteiger partial charge >= 0.3 is 5.97 Å². The van der Waals surface area contributed by atoms with Crippen molar-refractivity contribution < 1.29 is 34.5 Å². The monoisotopic (exact) mass is 525 g/mol. The number of amides is 3. The lowest BCUT2D eigenvalue weighted by atomic mass is 10.0. The van der Waals surface area contributed by atoms with Crippen LogP contribution in [0, 0.1) is 0 Å². The van der Waals surface area contributed by atoms with Gasteiger partial charge in [0.25, 0.3) is 0 Å². The fourth-order valence-corrected chi connectivity index (χ4v) is 3.92. The number of hydrogen-bond donors (Lipinski definition) is 8. The second kappa shape index (κ2) is 12.7. The van der Waals surface area contributed by atoms with Crippen LogP contribution in [0.2, 0.25) is 0 Å². The molecule has 0 bridgehead atoms. The average molecular weight is 526 g/mol. The Morgan fingerprint density at radius 3 is 2.29 bits per heavy atom. The highest BCUT2D eigenvalue weighted by atomic mass is 16.4. The second-order valence-electron chi connectivity index (χ2n) is 8.94. The number of carboxylic acids is 1. The van der Waals surface area contributed by atoms with Gasteiger partial charge in [-0.25, -0.2) is 0 Å². The number of carbonyl (C=O) groups excluding carboxylic acids is 3. The minimum atomic E-state index is -1.44. The van der Waals surface area contributed by atoms with Gasteiger partial charge in [0, 0.05) is 23.5 Å². The lowest BCUT2D eigenvalue weighted by Gasteiger charge is -2.25. The quantitative estimate of drug-likeness (QED) is 0.155. The SMILES string of the molecule is CC(O)C(NC(=O)C(N)Cc1c[nH]c2ccccc12)C(=O)NC(Cc1ccc(O)cc1)C(=O)NCC(=O)O. The lowest BCUT2D eigenvalue weighted by molar-refractivity contribution is -0.138. The predicted molar refractivity (Wildman–Crippen MR) is 138 cm³/mol. The fourth-order valence-electron chi connectivity index (χ4n) is 3.92. The number of carboxylic acid groups (broad SMARTS) is 1. The first kappa shape index (κ1) is 28.2. The van der Waals surface area contributed by atoms with E-state index in [9.17, 15) is 29.4 Å². The molecule has 0 aliphatic heterocycles. The van der Waals surface area contributed by atoms with Crippen molar-refractivity contribution in [2.24, 2.45) is 5.73 Å². The Bertz CT molecular complexity index is 1290. The second-order valence-corrected chi connectivity index (χ2v) is 8.94. The molecule has 12 nitrogen and oxygen atoms in total. The lowest BCUT2D eigenvalue weighted by Crippen LogP contribution is -2.59. The van der Waals surface area contributed by atoms with E-state index in [-0.39, 0.29) is 18.6 Å². The van der Waals surface area contributed by atoms with E-state index in [4.69, 9.17) is 10.8 Å². The van der Waals surface area contributed by atoms with Crippen molar-refractivity contribution in [1.29, 1.82) is 0 Å². The molecule has 12 heteroatoms. The van der Waals surface area contributed by atoms with Gasteiger partial charge in [-0.3, -0.25) is 19.2 Å². The summed E-state index contributed by atoms with van der Waals surface area (Å²) in [4.78, 5) is 52.5. The summed E-state index contributed by atoms with van der Waals surface area (Å²) in [6, 6.07) is 9.69. The Labute approximate surface area is 218 Å². The molecule has 0 spiro atoms. The molecule has 0 saturated carbocycles. The van der Waals surface area contributed by atoms with Gasteiger partial charge in [-0.1, -0.05) is 30.3 Å². The number of hydrogen-bond acceptors (Lipinski definition) is 7. The number of nitrogens with one attached hydrogen (secondary N) is 4. The highest BCUT2D eigenvalue weighted by molar-refractivity contribution is 5.94. The molecular formula is C26H31N5O7. The minimum Gasteiger partial charge on any atom is -0.508 e. The van der Waals surface area contributed by atoms with Crippen molar-refractivity contribution in [2.75, 3.05) is 6.54 Å². The van der Waals surface area contributed by atoms with Crippen LogP contribution in [0.3, 0.4) is 0 Å². The summed E-state index contributed by atoms with van der Waals surface area (Å²) >= 11 is 0. The van der Waals surface area contributed by atoms with Crippen LogP contribution in [0.5, 0.6) is 5.75 Å². The van der Waals surface area contributed by atoms with Crippen molar-refractivity contribution >= 4 is 34.6 Å². The molecule has 202 valence electrons. The Balaban J connectivity index is 1.70. The van der Waals surface area contributed by atoms with Gasteiger partial charge in [0.2, 0.25) is 17.7 Å². The predicted octanol–water partition coefficient (Wildman–Crippen LogP) is -0.463. The van der Waals surface area contributed by atoms with Crippen LogP contribution in [0.1, 0.15) is 18.1 Å². The number of aromatic amines is 1. The van der Waals surface area contributed by atoms with E-state index in [2.05, 4.69) is 20.9 Å². The molecule has 0 fully saturated rings. The van der Waals surface area contributed by atoms with Crippen LogP contribution in [-0.2, 0) is 32.0 Å². The summed E-state index contributed by atoms with van der Waals surface area (Å²) < 4.78 is 0. The third-order valence-electron chi connectivity index (χ3n) is 5.94. The maximum absolute atomic E-state index is 13.1. The Morgan fingerprint density at radius 2 is 1.63 bits per heavy atom. The number of benzene rings is 2. The maximum Gasteiger partial charge on any atom is 0.322 e. The molecule has 0 aliphatic rings. The number of aromatic nitrogens is 1. The number of rotatable bonds is 12. The van der Waals surface area contributed by atoms with Crippen LogP contribution < -0.4 is 21.7 Å². The Hall–Kier alpha value is -4.42. The summed E-state index contributed by atoms with van der Waals surface area (Å²) in [7, 11) is 0. The van der Waals surface area contributed by atoms with Gasteiger partial charge in [0.05, 0.1) is 12.1 Å². The van der Waals surface area contributed by atoms with Crippen LogP contribution in [0.4, 0.5) is 0 Å². The minimum absolute atomic E-state index is 0.00511. The van der Waals surface area contributed by atoms with E-state index in [1.54, 1.807) is 6.20 Å². The standard InChI is InChI=1S/C26H31N5O7/c1-14(32)23(31-24(36)19(27)11-16-12-28-20-5-3-2-4-18(16)20)26(38)30-21(25(37)29-13-22(34)35)10-15-6-8-17(33)9-7-15/h2-9,12,14,19,21,23,28,32-33H,10-11,13,27H2,1H3,(H,29,37)(H,30,38)(H,31,36)(H,34,35). The number of fused-ring (bicyclic) bond motifs is 1. The van der Waals surface area contributed by atoms with Gasteiger partial charge in [-0.15, -0.1) is 0 Å². The number of aliphatic carboxylic acids is 1. The average Bonchev–Trinajstić information content (AvgIpc) is 3.28. The van der Waals surface area contributed by atoms with Crippen molar-refractivity contribution in [3.63, 3.8) is 0 Å². The van der Waals surface area contributed by atoms with Crippen molar-refractivity contribution in [3.8, 4) is 5.75 Å².